The molecule has 2 atom stereocenters. The Morgan fingerprint density at radius 3 is 2.12 bits per heavy atom. The van der Waals surface area contributed by atoms with Crippen molar-refractivity contribution in [1.82, 2.24) is 4.90 Å². The Bertz CT molecular complexity index is 519. The van der Waals surface area contributed by atoms with Gasteiger partial charge in [0.15, 0.2) is 0 Å². The largest absolute Gasteiger partial charge is 0.269 e. The van der Waals surface area contributed by atoms with Crippen LogP contribution < -0.4 is 0 Å². The zero-order valence-electron chi connectivity index (χ0n) is 8.70. The van der Waals surface area contributed by atoms with E-state index in [-0.39, 0.29) is 6.42 Å². The van der Waals surface area contributed by atoms with Crippen LogP contribution in [0.4, 0.5) is 0 Å². The first kappa shape index (κ1) is 9.95. The van der Waals surface area contributed by atoms with Crippen molar-refractivity contribution in [2.45, 2.75) is 18.5 Å². The smallest absolute Gasteiger partial charge is 0.262 e. The highest BCUT2D eigenvalue weighted by Gasteiger charge is 2.58. The van der Waals surface area contributed by atoms with Gasteiger partial charge in [0, 0.05) is 11.3 Å². The van der Waals surface area contributed by atoms with Gasteiger partial charge in [-0.05, 0) is 12.1 Å². The lowest BCUT2D eigenvalue weighted by atomic mass is 10.1. The molecule has 1 aliphatic heterocycles. The van der Waals surface area contributed by atoms with E-state index in [1.165, 1.54) is 0 Å². The van der Waals surface area contributed by atoms with Gasteiger partial charge in [-0.25, -0.2) is 0 Å². The Hall–Kier alpha value is -2.24. The molecule has 0 N–H and O–H groups in total. The quantitative estimate of drug-likeness (QED) is 0.427. The Morgan fingerprint density at radius 2 is 1.71 bits per heavy atom. The van der Waals surface area contributed by atoms with Crippen LogP contribution in [0.5, 0.6) is 0 Å². The summed E-state index contributed by atoms with van der Waals surface area (Å²) < 4.78 is 0. The van der Waals surface area contributed by atoms with Crippen molar-refractivity contribution in [3.8, 4) is 0 Å². The van der Waals surface area contributed by atoms with Gasteiger partial charge in [0.1, 0.15) is 6.04 Å². The van der Waals surface area contributed by atoms with Gasteiger partial charge in [0.25, 0.3) is 11.8 Å². The van der Waals surface area contributed by atoms with Crippen LogP contribution in [0.25, 0.3) is 0 Å². The first-order chi connectivity index (χ1) is 8.11. The van der Waals surface area contributed by atoms with Crippen LogP contribution in [0, 0.1) is 10.1 Å². The van der Waals surface area contributed by atoms with E-state index >= 15 is 0 Å². The van der Waals surface area contributed by atoms with E-state index in [1.54, 1.807) is 24.3 Å². The summed E-state index contributed by atoms with van der Waals surface area (Å²) in [5.74, 6) is -0.833. The minimum atomic E-state index is -0.794. The molecule has 0 bridgehead atoms. The maximum Gasteiger partial charge on any atom is 0.262 e. The molecule has 1 aromatic carbocycles. The first-order valence-corrected chi connectivity index (χ1v) is 5.21. The summed E-state index contributed by atoms with van der Waals surface area (Å²) >= 11 is 0. The van der Waals surface area contributed by atoms with Gasteiger partial charge >= 0.3 is 0 Å². The van der Waals surface area contributed by atoms with E-state index in [0.29, 0.717) is 11.1 Å². The van der Waals surface area contributed by atoms with E-state index in [1.807, 2.05) is 0 Å². The van der Waals surface area contributed by atoms with Crippen molar-refractivity contribution < 1.29 is 14.5 Å². The van der Waals surface area contributed by atoms with Crippen LogP contribution in [0.2, 0.25) is 0 Å². The van der Waals surface area contributed by atoms with E-state index in [2.05, 4.69) is 0 Å². The van der Waals surface area contributed by atoms with E-state index in [4.69, 9.17) is 0 Å². The number of nitro groups is 1. The fourth-order valence-electron chi connectivity index (χ4n) is 2.18. The normalized spacial score (nSPS) is 26.0. The summed E-state index contributed by atoms with van der Waals surface area (Å²) in [5, 5.41) is 10.6. The van der Waals surface area contributed by atoms with Crippen molar-refractivity contribution in [2.24, 2.45) is 0 Å². The average molecular weight is 232 g/mol. The number of carbonyl (C=O) groups excluding carboxylic acids is 2. The molecule has 1 heterocycles. The van der Waals surface area contributed by atoms with Crippen molar-refractivity contribution in [2.75, 3.05) is 0 Å². The van der Waals surface area contributed by atoms with Gasteiger partial charge in [0.05, 0.1) is 11.1 Å². The van der Waals surface area contributed by atoms with Crippen molar-refractivity contribution in [1.29, 1.82) is 0 Å². The van der Waals surface area contributed by atoms with E-state index < -0.39 is 28.8 Å². The third-order valence-electron chi connectivity index (χ3n) is 3.15. The minimum absolute atomic E-state index is 0.262. The summed E-state index contributed by atoms with van der Waals surface area (Å²) in [6, 6.07) is 5.12. The van der Waals surface area contributed by atoms with Crippen molar-refractivity contribution in [3.63, 3.8) is 0 Å². The monoisotopic (exact) mass is 232 g/mol. The fourth-order valence-corrected chi connectivity index (χ4v) is 2.18. The molecular weight excluding hydrogens is 224 g/mol. The molecule has 0 aromatic heterocycles. The van der Waals surface area contributed by atoms with Crippen LogP contribution in [-0.4, -0.2) is 33.7 Å². The molecule has 0 radical (unpaired) electrons. The number of imide groups is 1. The van der Waals surface area contributed by atoms with E-state index in [0.717, 1.165) is 4.90 Å². The van der Waals surface area contributed by atoms with Gasteiger partial charge in [-0.15, -0.1) is 0 Å². The zero-order valence-corrected chi connectivity index (χ0v) is 8.70. The van der Waals surface area contributed by atoms with Crippen LogP contribution in [0.15, 0.2) is 24.3 Å². The molecule has 1 fully saturated rings. The van der Waals surface area contributed by atoms with Crippen LogP contribution >= 0.6 is 0 Å². The molecule has 6 heteroatoms. The number of rotatable bonds is 2. The number of hydrogen-bond acceptors (Lipinski definition) is 4. The molecular formula is C11H8N2O4. The average Bonchev–Trinajstić information content (AvgIpc) is 3.05. The highest BCUT2D eigenvalue weighted by molar-refractivity contribution is 6.21. The molecule has 17 heavy (non-hydrogen) atoms. The predicted molar refractivity (Wildman–Crippen MR) is 56.1 cm³/mol. The molecule has 2 unspecified atom stereocenters. The van der Waals surface area contributed by atoms with Crippen LogP contribution in [0.3, 0.4) is 0 Å². The molecule has 0 saturated heterocycles. The number of carbonyl (C=O) groups is 2. The van der Waals surface area contributed by atoms with Gasteiger partial charge in [0.2, 0.25) is 6.04 Å². The lowest BCUT2D eigenvalue weighted by Gasteiger charge is -2.10. The fraction of sp³-hybridized carbons (Fsp3) is 0.273. The Kier molecular flexibility index (Phi) is 1.83. The maximum absolute atomic E-state index is 11.9. The second kappa shape index (κ2) is 3.13. The SMILES string of the molecule is O=C1c2ccccc2C(=O)N1C1CC1[N+](=O)[O-]. The topological polar surface area (TPSA) is 80.5 Å². The standard InChI is InChI=1S/C11H8N2O4/c14-10-6-3-1-2-4-7(6)11(15)12(10)8-5-9(8)13(16)17/h1-4,8-9H,5H2. The summed E-state index contributed by atoms with van der Waals surface area (Å²) in [5.41, 5.74) is 0.679. The number of hydrogen-bond donors (Lipinski definition) is 0. The second-order valence-corrected chi connectivity index (χ2v) is 4.18. The number of benzene rings is 1. The molecule has 2 amide bonds. The zero-order chi connectivity index (χ0) is 12.2. The Morgan fingerprint density at radius 1 is 1.18 bits per heavy atom. The molecule has 6 nitrogen and oxygen atoms in total. The molecule has 1 saturated carbocycles. The lowest BCUT2D eigenvalue weighted by molar-refractivity contribution is -0.497. The van der Waals surface area contributed by atoms with Gasteiger partial charge in [-0.2, -0.15) is 0 Å². The van der Waals surface area contributed by atoms with Gasteiger partial charge in [-0.3, -0.25) is 24.6 Å². The molecule has 0 spiro atoms. The summed E-state index contributed by atoms with van der Waals surface area (Å²) in [6.45, 7) is 0. The summed E-state index contributed by atoms with van der Waals surface area (Å²) in [7, 11) is 0. The summed E-state index contributed by atoms with van der Waals surface area (Å²) in [4.78, 5) is 35.0. The maximum atomic E-state index is 11.9. The number of amides is 2. The highest BCUT2D eigenvalue weighted by atomic mass is 16.6. The second-order valence-electron chi connectivity index (χ2n) is 4.18. The van der Waals surface area contributed by atoms with Crippen LogP contribution in [-0.2, 0) is 0 Å². The molecule has 2 aliphatic rings. The third kappa shape index (κ3) is 1.27. The Labute approximate surface area is 96.0 Å². The summed E-state index contributed by atoms with van der Waals surface area (Å²) in [6.07, 6.45) is 0.262. The molecule has 1 aliphatic carbocycles. The minimum Gasteiger partial charge on any atom is -0.269 e. The number of fused-ring (bicyclic) bond motifs is 1. The number of nitrogens with zero attached hydrogens (tertiary/aromatic N) is 2. The van der Waals surface area contributed by atoms with Crippen molar-refractivity contribution in [3.05, 3.63) is 45.5 Å². The molecule has 1 aromatic rings. The molecule has 86 valence electrons. The molecule has 3 rings (SSSR count). The highest BCUT2D eigenvalue weighted by Crippen LogP contribution is 2.36. The van der Waals surface area contributed by atoms with Gasteiger partial charge in [-0.1, -0.05) is 12.1 Å². The predicted octanol–water partition coefficient (Wildman–Crippen LogP) is 0.700. The van der Waals surface area contributed by atoms with Crippen molar-refractivity contribution >= 4 is 11.8 Å². The first-order valence-electron chi connectivity index (χ1n) is 5.21. The van der Waals surface area contributed by atoms with E-state index in [9.17, 15) is 19.7 Å². The lowest BCUT2D eigenvalue weighted by Crippen LogP contribution is -2.34. The van der Waals surface area contributed by atoms with Gasteiger partial charge < -0.3 is 0 Å². The van der Waals surface area contributed by atoms with Crippen LogP contribution in [0.1, 0.15) is 27.1 Å². The third-order valence-corrected chi connectivity index (χ3v) is 3.15. The Balaban J connectivity index is 1.94.